The Kier molecular flexibility index (Phi) is 7.85. The summed E-state index contributed by atoms with van der Waals surface area (Å²) in [5.41, 5.74) is 9.02. The van der Waals surface area contributed by atoms with Crippen LogP contribution in [0.4, 0.5) is 11.4 Å². The molecule has 0 radical (unpaired) electrons. The molecule has 0 aliphatic rings. The van der Waals surface area contributed by atoms with Crippen LogP contribution >= 0.6 is 18.9 Å². The second kappa shape index (κ2) is 10.6. The zero-order valence-corrected chi connectivity index (χ0v) is 19.6. The summed E-state index contributed by atoms with van der Waals surface area (Å²) in [5.74, 6) is -0.882. The number of benzene rings is 2. The van der Waals surface area contributed by atoms with Crippen molar-refractivity contribution in [1.82, 2.24) is 0 Å². The number of nitrogens with one attached hydrogen (secondary N) is 1. The molecule has 168 valence electrons. The topological polar surface area (TPSA) is 108 Å². The standard InChI is InChI=1S/C23H25N2O5PS/c1-3-5-22(26)30-31(28,29-2)15-16-7-9-17(10-8-16)23(27)25-20-14-18(11-12-19(20)24)21-6-4-13-32-21/h4,6-14H,3,5,15,24H2,1-2H3,(H,25,27). The fourth-order valence-corrected chi connectivity index (χ4v) is 5.03. The second-order valence-corrected chi connectivity index (χ2v) is 10.1. The number of thiophene rings is 1. The molecule has 0 saturated heterocycles. The fourth-order valence-electron chi connectivity index (χ4n) is 2.98. The van der Waals surface area contributed by atoms with Gasteiger partial charge in [0.2, 0.25) is 0 Å². The highest BCUT2D eigenvalue weighted by Gasteiger charge is 2.27. The Morgan fingerprint density at radius 3 is 2.50 bits per heavy atom. The summed E-state index contributed by atoms with van der Waals surface area (Å²) in [6, 6.07) is 16.0. The molecule has 9 heteroatoms. The van der Waals surface area contributed by atoms with Gasteiger partial charge in [-0.1, -0.05) is 31.2 Å². The first kappa shape index (κ1) is 23.7. The molecule has 0 saturated carbocycles. The van der Waals surface area contributed by atoms with Crippen LogP contribution in [0.1, 0.15) is 35.7 Å². The number of nitrogens with two attached hydrogens (primary N) is 1. The Hall–Kier alpha value is -2.93. The molecule has 3 aromatic rings. The molecule has 1 unspecified atom stereocenters. The van der Waals surface area contributed by atoms with E-state index >= 15 is 0 Å². The lowest BCUT2D eigenvalue weighted by Crippen LogP contribution is -2.13. The second-order valence-electron chi connectivity index (χ2n) is 7.10. The van der Waals surface area contributed by atoms with Crippen LogP contribution in [0.25, 0.3) is 10.4 Å². The van der Waals surface area contributed by atoms with Gasteiger partial charge < -0.3 is 20.1 Å². The van der Waals surface area contributed by atoms with Crippen molar-refractivity contribution in [3.8, 4) is 10.4 Å². The number of anilines is 2. The molecule has 2 aromatic carbocycles. The van der Waals surface area contributed by atoms with E-state index in [1.54, 1.807) is 41.7 Å². The summed E-state index contributed by atoms with van der Waals surface area (Å²) < 4.78 is 22.7. The molecule has 1 atom stereocenters. The SMILES string of the molecule is CCCC(=O)OP(=O)(Cc1ccc(C(=O)Nc2cc(-c3cccs3)ccc2N)cc1)OC. The van der Waals surface area contributed by atoms with Gasteiger partial charge in [0, 0.05) is 24.0 Å². The number of hydrogen-bond donors (Lipinski definition) is 2. The third-order valence-corrected chi connectivity index (χ3v) is 7.38. The highest BCUT2D eigenvalue weighted by Crippen LogP contribution is 2.51. The Labute approximate surface area is 191 Å². The summed E-state index contributed by atoms with van der Waals surface area (Å²) in [6.45, 7) is 1.83. The van der Waals surface area contributed by atoms with Crippen molar-refractivity contribution in [3.63, 3.8) is 0 Å². The predicted octanol–water partition coefficient (Wildman–Crippen LogP) is 5.93. The maximum atomic E-state index is 12.7. The average molecular weight is 473 g/mol. The molecule has 0 bridgehead atoms. The Morgan fingerprint density at radius 1 is 1.12 bits per heavy atom. The number of carbonyl (C=O) groups is 2. The third kappa shape index (κ3) is 6.07. The monoisotopic (exact) mass is 472 g/mol. The average Bonchev–Trinajstić information content (AvgIpc) is 3.31. The van der Waals surface area contributed by atoms with E-state index in [2.05, 4.69) is 5.32 Å². The van der Waals surface area contributed by atoms with Crippen LogP contribution in [-0.4, -0.2) is 19.0 Å². The molecule has 0 aliphatic carbocycles. The van der Waals surface area contributed by atoms with E-state index in [-0.39, 0.29) is 18.5 Å². The van der Waals surface area contributed by atoms with Crippen molar-refractivity contribution in [1.29, 1.82) is 0 Å². The molecule has 0 fully saturated rings. The smallest absolute Gasteiger partial charge is 0.385 e. The van der Waals surface area contributed by atoms with Crippen molar-refractivity contribution in [2.24, 2.45) is 0 Å². The van der Waals surface area contributed by atoms with Crippen LogP contribution in [0, 0.1) is 0 Å². The van der Waals surface area contributed by atoms with Gasteiger partial charge in [0.15, 0.2) is 0 Å². The van der Waals surface area contributed by atoms with Gasteiger partial charge in [0.25, 0.3) is 5.91 Å². The van der Waals surface area contributed by atoms with Gasteiger partial charge in [0.1, 0.15) is 0 Å². The maximum Gasteiger partial charge on any atom is 0.385 e. The summed E-state index contributed by atoms with van der Waals surface area (Å²) in [7, 11) is -2.36. The van der Waals surface area contributed by atoms with Gasteiger partial charge in [0.05, 0.1) is 17.5 Å². The fraction of sp³-hybridized carbons (Fsp3) is 0.217. The van der Waals surface area contributed by atoms with Gasteiger partial charge in [-0.3, -0.25) is 9.59 Å². The number of rotatable bonds is 9. The number of carbonyl (C=O) groups excluding carboxylic acids is 2. The largest absolute Gasteiger partial charge is 0.397 e. The zero-order valence-electron chi connectivity index (χ0n) is 17.9. The van der Waals surface area contributed by atoms with Gasteiger partial charge in [-0.15, -0.1) is 11.3 Å². The van der Waals surface area contributed by atoms with E-state index in [0.29, 0.717) is 28.9 Å². The normalized spacial score (nSPS) is 12.7. The van der Waals surface area contributed by atoms with Gasteiger partial charge in [-0.2, -0.15) is 0 Å². The third-order valence-electron chi connectivity index (χ3n) is 4.67. The molecule has 0 aliphatic heterocycles. The van der Waals surface area contributed by atoms with E-state index in [1.165, 1.54) is 7.11 Å². The van der Waals surface area contributed by atoms with Gasteiger partial charge >= 0.3 is 13.6 Å². The van der Waals surface area contributed by atoms with Gasteiger partial charge in [-0.05, 0) is 53.3 Å². The Morgan fingerprint density at radius 2 is 1.88 bits per heavy atom. The van der Waals surface area contributed by atoms with E-state index < -0.39 is 13.6 Å². The summed E-state index contributed by atoms with van der Waals surface area (Å²) in [6.07, 6.45) is 0.688. The summed E-state index contributed by atoms with van der Waals surface area (Å²) >= 11 is 1.60. The van der Waals surface area contributed by atoms with Crippen LogP contribution in [0.5, 0.6) is 0 Å². The number of amides is 1. The molecular weight excluding hydrogens is 447 g/mol. The minimum atomic E-state index is -3.60. The molecule has 0 spiro atoms. The molecule has 1 heterocycles. The first-order valence-corrected chi connectivity index (χ1v) is 12.6. The van der Waals surface area contributed by atoms with E-state index in [9.17, 15) is 14.2 Å². The minimum Gasteiger partial charge on any atom is -0.397 e. The molecule has 1 amide bonds. The predicted molar refractivity (Wildman–Crippen MR) is 128 cm³/mol. The summed E-state index contributed by atoms with van der Waals surface area (Å²) in [5, 5.41) is 4.82. The zero-order chi connectivity index (χ0) is 23.1. The Balaban J connectivity index is 1.70. The van der Waals surface area contributed by atoms with Crippen LogP contribution < -0.4 is 11.1 Å². The van der Waals surface area contributed by atoms with Crippen molar-refractivity contribution in [2.45, 2.75) is 25.9 Å². The lowest BCUT2D eigenvalue weighted by molar-refractivity contribution is -0.135. The van der Waals surface area contributed by atoms with Crippen LogP contribution in [0.15, 0.2) is 60.0 Å². The summed E-state index contributed by atoms with van der Waals surface area (Å²) in [4.78, 5) is 25.5. The van der Waals surface area contributed by atoms with E-state index in [4.69, 9.17) is 14.8 Å². The molecule has 1 aromatic heterocycles. The van der Waals surface area contributed by atoms with Crippen molar-refractivity contribution in [3.05, 3.63) is 71.1 Å². The first-order valence-electron chi connectivity index (χ1n) is 10.0. The first-order chi connectivity index (χ1) is 15.3. The van der Waals surface area contributed by atoms with Gasteiger partial charge in [-0.25, -0.2) is 4.57 Å². The van der Waals surface area contributed by atoms with Crippen LogP contribution in [0.2, 0.25) is 0 Å². The highest BCUT2D eigenvalue weighted by molar-refractivity contribution is 7.53. The van der Waals surface area contributed by atoms with E-state index in [0.717, 1.165) is 10.4 Å². The molecule has 3 rings (SSSR count). The lowest BCUT2D eigenvalue weighted by Gasteiger charge is -2.16. The Bertz CT molecular complexity index is 1130. The lowest BCUT2D eigenvalue weighted by atomic mass is 10.1. The molecule has 32 heavy (non-hydrogen) atoms. The number of hydrogen-bond acceptors (Lipinski definition) is 7. The minimum absolute atomic E-state index is 0.0728. The van der Waals surface area contributed by atoms with Crippen LogP contribution in [-0.2, 0) is 24.6 Å². The number of nitrogen functional groups attached to an aromatic ring is 1. The molecule has 7 nitrogen and oxygen atoms in total. The molecular formula is C23H25N2O5PS. The molecule has 3 N–H and O–H groups in total. The van der Waals surface area contributed by atoms with Crippen molar-refractivity contribution in [2.75, 3.05) is 18.2 Å². The maximum absolute atomic E-state index is 12.7. The van der Waals surface area contributed by atoms with Crippen molar-refractivity contribution >= 4 is 42.2 Å². The van der Waals surface area contributed by atoms with E-state index in [1.807, 2.05) is 36.6 Å². The quantitative estimate of drug-likeness (QED) is 0.295. The highest BCUT2D eigenvalue weighted by atomic mass is 32.1. The van der Waals surface area contributed by atoms with Crippen LogP contribution in [0.3, 0.4) is 0 Å². The van der Waals surface area contributed by atoms with Crippen molar-refractivity contribution < 1.29 is 23.2 Å².